The van der Waals surface area contributed by atoms with Crippen molar-refractivity contribution >= 4 is 46.3 Å². The van der Waals surface area contributed by atoms with Gasteiger partial charge in [0.25, 0.3) is 0 Å². The van der Waals surface area contributed by atoms with Crippen molar-refractivity contribution in [2.45, 2.75) is 69.1 Å². The smallest absolute Gasteiger partial charge is 0.305 e. The highest BCUT2D eigenvalue weighted by Crippen LogP contribution is 2.15. The maximum Gasteiger partial charge on any atom is 0.305 e. The number of aliphatic carboxylic acids is 2. The van der Waals surface area contributed by atoms with E-state index >= 15 is 0 Å². The Balaban J connectivity index is 1.75. The van der Waals surface area contributed by atoms with Gasteiger partial charge in [-0.15, -0.1) is 0 Å². The molecule has 14 heteroatoms. The highest BCUT2D eigenvalue weighted by atomic mass is 16.4. The van der Waals surface area contributed by atoms with E-state index in [2.05, 4.69) is 20.9 Å². The first-order valence-electron chi connectivity index (χ1n) is 15.2. The Morgan fingerprint density at radius 2 is 1.34 bits per heavy atom. The van der Waals surface area contributed by atoms with Crippen molar-refractivity contribution < 1.29 is 39.0 Å². The molecule has 0 saturated carbocycles. The Bertz CT molecular complexity index is 1570. The summed E-state index contributed by atoms with van der Waals surface area (Å²) < 4.78 is 0. The molecule has 47 heavy (non-hydrogen) atoms. The number of carbonyl (C=O) groups excluding carboxylic acids is 4. The van der Waals surface area contributed by atoms with Crippen LogP contribution in [-0.4, -0.2) is 81.4 Å². The molecule has 3 rings (SSSR count). The molecule has 0 bridgehead atoms. The Kier molecular flexibility index (Phi) is 13.9. The monoisotopic (exact) mass is 648 g/mol. The van der Waals surface area contributed by atoms with Crippen LogP contribution in [0.1, 0.15) is 43.2 Å². The number of carboxylic acid groups (broad SMARTS) is 2. The third-order valence-electron chi connectivity index (χ3n) is 7.36. The lowest BCUT2D eigenvalue weighted by Crippen LogP contribution is -2.55. The van der Waals surface area contributed by atoms with Gasteiger partial charge in [-0.05, 0) is 48.9 Å². The summed E-state index contributed by atoms with van der Waals surface area (Å²) in [6.07, 6.45) is 1.20. The van der Waals surface area contributed by atoms with E-state index in [9.17, 15) is 28.8 Å². The molecule has 1 aromatic heterocycles. The van der Waals surface area contributed by atoms with E-state index in [-0.39, 0.29) is 38.0 Å². The number of amides is 3. The van der Waals surface area contributed by atoms with E-state index in [4.69, 9.17) is 21.7 Å². The summed E-state index contributed by atoms with van der Waals surface area (Å²) in [6, 6.07) is 13.8. The van der Waals surface area contributed by atoms with E-state index < -0.39 is 66.7 Å². The van der Waals surface area contributed by atoms with Gasteiger partial charge in [0.05, 0.1) is 36.5 Å². The number of hydrogen-bond acceptors (Lipinski definition) is 9. The van der Waals surface area contributed by atoms with Crippen LogP contribution >= 0.6 is 0 Å². The van der Waals surface area contributed by atoms with Gasteiger partial charge in [-0.1, -0.05) is 48.5 Å². The molecule has 0 fully saturated rings. The molecule has 0 aliphatic heterocycles. The van der Waals surface area contributed by atoms with E-state index in [1.807, 2.05) is 60.7 Å². The number of Topliss-reactive ketones (excluding diaryl/α,β-unsaturated/α-hetero) is 1. The number of ketones is 1. The van der Waals surface area contributed by atoms with E-state index in [1.54, 1.807) is 6.20 Å². The van der Waals surface area contributed by atoms with Crippen molar-refractivity contribution in [1.82, 2.24) is 20.9 Å². The molecular formula is C33H40N6O8. The maximum absolute atomic E-state index is 13.6. The second-order valence-corrected chi connectivity index (χ2v) is 11.2. The lowest BCUT2D eigenvalue weighted by molar-refractivity contribution is -0.140. The van der Waals surface area contributed by atoms with Gasteiger partial charge < -0.3 is 37.6 Å². The van der Waals surface area contributed by atoms with Crippen LogP contribution in [0.25, 0.3) is 10.9 Å². The number of hydrogen-bond donors (Lipinski definition) is 7. The van der Waals surface area contributed by atoms with Gasteiger partial charge in [-0.3, -0.25) is 33.8 Å². The van der Waals surface area contributed by atoms with Crippen molar-refractivity contribution in [3.05, 3.63) is 78.0 Å². The number of fused-ring (bicyclic) bond motifs is 1. The van der Waals surface area contributed by atoms with Crippen LogP contribution in [0.5, 0.6) is 0 Å². The van der Waals surface area contributed by atoms with E-state index in [0.29, 0.717) is 12.0 Å². The number of nitrogens with one attached hydrogen (secondary N) is 3. The molecule has 0 aliphatic carbocycles. The fourth-order valence-electron chi connectivity index (χ4n) is 4.84. The van der Waals surface area contributed by atoms with Crippen LogP contribution in [-0.2, 0) is 41.6 Å². The number of carboxylic acids is 2. The number of benzene rings is 2. The van der Waals surface area contributed by atoms with Gasteiger partial charge in [0.15, 0.2) is 5.78 Å². The van der Waals surface area contributed by atoms with Gasteiger partial charge in [-0.2, -0.15) is 0 Å². The molecular weight excluding hydrogens is 608 g/mol. The number of para-hydroxylation sites is 1. The van der Waals surface area contributed by atoms with Gasteiger partial charge in [-0.25, -0.2) is 0 Å². The zero-order valence-electron chi connectivity index (χ0n) is 25.8. The molecule has 0 saturated heterocycles. The molecule has 3 amide bonds. The quantitative estimate of drug-likeness (QED) is 0.0880. The van der Waals surface area contributed by atoms with E-state index in [0.717, 1.165) is 16.5 Å². The largest absolute Gasteiger partial charge is 0.481 e. The van der Waals surface area contributed by atoms with Gasteiger partial charge >= 0.3 is 11.9 Å². The van der Waals surface area contributed by atoms with Gasteiger partial charge in [0.1, 0.15) is 6.04 Å². The number of carbonyl (C=O) groups is 6. The predicted octanol–water partition coefficient (Wildman–Crippen LogP) is 0.449. The Morgan fingerprint density at radius 3 is 2.02 bits per heavy atom. The second-order valence-electron chi connectivity index (χ2n) is 11.2. The van der Waals surface area contributed by atoms with Crippen molar-refractivity contribution in [3.63, 3.8) is 0 Å². The highest BCUT2D eigenvalue weighted by molar-refractivity contribution is 5.95. The molecule has 1 heterocycles. The lowest BCUT2D eigenvalue weighted by atomic mass is 9.97. The average molecular weight is 649 g/mol. The molecule has 4 atom stereocenters. The standard InChI is InChI=1S/C33H40N6O8/c34-23(17-29(41)42)31(45)36-14-6-11-27(39-32(46)24(35)18-30(43)44)33(47)38-26(13-12-20-7-2-1-3-8-20)28(40)16-21-15-22-9-4-5-10-25(22)37-19-21/h1-5,7-10,15,19,23-24,26-27H,6,11-14,16-18,34-35H2,(H,36,45)(H,38,47)(H,39,46)(H,41,42)(H,43,44)/t23-,24-,26+,27-/m0/s1. The van der Waals surface area contributed by atoms with Crippen LogP contribution in [0.4, 0.5) is 0 Å². The highest BCUT2D eigenvalue weighted by Gasteiger charge is 2.29. The summed E-state index contributed by atoms with van der Waals surface area (Å²) in [4.78, 5) is 78.4. The Hall–Kier alpha value is -5.21. The maximum atomic E-state index is 13.6. The minimum atomic E-state index is -1.44. The molecule has 250 valence electrons. The molecule has 2 aromatic carbocycles. The zero-order valence-corrected chi connectivity index (χ0v) is 25.8. The van der Waals surface area contributed by atoms with Crippen molar-refractivity contribution in [2.24, 2.45) is 11.5 Å². The average Bonchev–Trinajstić information content (AvgIpc) is 3.03. The van der Waals surface area contributed by atoms with Crippen LogP contribution in [0.2, 0.25) is 0 Å². The first-order chi connectivity index (χ1) is 22.4. The normalized spacial score (nSPS) is 13.5. The number of nitrogens with two attached hydrogens (primary N) is 2. The fraction of sp³-hybridized carbons (Fsp3) is 0.364. The van der Waals surface area contributed by atoms with Crippen LogP contribution < -0.4 is 27.4 Å². The summed E-state index contributed by atoms with van der Waals surface area (Å²) in [5, 5.41) is 26.5. The molecule has 0 aliphatic rings. The first-order valence-corrected chi connectivity index (χ1v) is 15.2. The number of aromatic nitrogens is 1. The molecule has 0 radical (unpaired) electrons. The molecule has 9 N–H and O–H groups in total. The van der Waals surface area contributed by atoms with Crippen LogP contribution in [0.3, 0.4) is 0 Å². The predicted molar refractivity (Wildman–Crippen MR) is 172 cm³/mol. The van der Waals surface area contributed by atoms with Gasteiger partial charge in [0, 0.05) is 24.5 Å². The van der Waals surface area contributed by atoms with E-state index in [1.165, 1.54) is 0 Å². The molecule has 3 aromatic rings. The zero-order chi connectivity index (χ0) is 34.3. The summed E-state index contributed by atoms with van der Waals surface area (Å²) in [5.74, 6) is -5.09. The minimum Gasteiger partial charge on any atom is -0.481 e. The number of aryl methyl sites for hydroxylation is 1. The summed E-state index contributed by atoms with van der Waals surface area (Å²) >= 11 is 0. The SMILES string of the molecule is N[C@@H](CC(=O)O)C(=O)NCCC[C@H](NC(=O)[C@@H](N)CC(=O)O)C(=O)N[C@H](CCc1ccccc1)C(=O)Cc1cnc2ccccc2c1. The fourth-order valence-corrected chi connectivity index (χ4v) is 4.84. The van der Waals surface area contributed by atoms with Crippen LogP contribution in [0.15, 0.2) is 66.9 Å². The minimum absolute atomic E-state index is 0.00167. The third kappa shape index (κ3) is 12.2. The Morgan fingerprint density at radius 1 is 0.723 bits per heavy atom. The third-order valence-corrected chi connectivity index (χ3v) is 7.36. The summed E-state index contributed by atoms with van der Waals surface area (Å²) in [6.45, 7) is -0.00167. The Labute approximate surface area is 271 Å². The molecule has 0 unspecified atom stereocenters. The number of nitrogens with zero attached hydrogens (tertiary/aromatic N) is 1. The van der Waals surface area contributed by atoms with Crippen LogP contribution in [0, 0.1) is 0 Å². The second kappa shape index (κ2) is 18.1. The summed E-state index contributed by atoms with van der Waals surface area (Å²) in [5.41, 5.74) is 13.7. The van der Waals surface area contributed by atoms with Gasteiger partial charge in [0.2, 0.25) is 17.7 Å². The van der Waals surface area contributed by atoms with Crippen molar-refractivity contribution in [2.75, 3.05) is 6.54 Å². The molecule has 0 spiro atoms. The lowest BCUT2D eigenvalue weighted by Gasteiger charge is -2.24. The number of rotatable bonds is 19. The first kappa shape index (κ1) is 36.3. The topological polar surface area (TPSA) is 244 Å². The number of pyridine rings is 1. The van der Waals surface area contributed by atoms with Crippen molar-refractivity contribution in [3.8, 4) is 0 Å². The van der Waals surface area contributed by atoms with Crippen molar-refractivity contribution in [1.29, 1.82) is 0 Å². The molecule has 14 nitrogen and oxygen atoms in total. The summed E-state index contributed by atoms with van der Waals surface area (Å²) in [7, 11) is 0.